The normalized spacial score (nSPS) is 12.3. The third-order valence-electron chi connectivity index (χ3n) is 10.9. The van der Waals surface area contributed by atoms with Gasteiger partial charge in [0.05, 0.1) is 50.0 Å². The number of ether oxygens (including phenoxy) is 1. The molecule has 4 amide bonds. The van der Waals surface area contributed by atoms with Gasteiger partial charge in [-0.15, -0.1) is 0 Å². The monoisotopic (exact) mass is 808 g/mol. The fourth-order valence-electron chi connectivity index (χ4n) is 7.77. The van der Waals surface area contributed by atoms with Crippen molar-refractivity contribution in [1.29, 1.82) is 0 Å². The first-order valence-electron chi connectivity index (χ1n) is 20.7. The van der Waals surface area contributed by atoms with Gasteiger partial charge in [-0.2, -0.15) is 0 Å². The quantitative estimate of drug-likeness (QED) is 0.0787. The van der Waals surface area contributed by atoms with Crippen LogP contribution in [0.15, 0.2) is 91.1 Å². The molecule has 0 fully saturated rings. The number of aromatic amines is 2. The van der Waals surface area contributed by atoms with Crippen molar-refractivity contribution < 1.29 is 23.9 Å². The highest BCUT2D eigenvalue weighted by Gasteiger charge is 2.29. The zero-order valence-electron chi connectivity index (χ0n) is 34.6. The Morgan fingerprint density at radius 2 is 1.47 bits per heavy atom. The van der Waals surface area contributed by atoms with Crippen LogP contribution in [0.5, 0.6) is 0 Å². The summed E-state index contributed by atoms with van der Waals surface area (Å²) in [5.74, 6) is 0.877. The van der Waals surface area contributed by atoms with Crippen molar-refractivity contribution in [2.45, 2.75) is 72.0 Å². The maximum Gasteiger partial charge on any atom is 0.407 e. The number of nitrogens with one attached hydrogen (secondary N) is 4. The minimum Gasteiger partial charge on any atom is -0.453 e. The molecule has 6 aromatic rings. The van der Waals surface area contributed by atoms with E-state index in [1.54, 1.807) is 22.9 Å². The van der Waals surface area contributed by atoms with Crippen LogP contribution < -0.4 is 10.6 Å². The molecule has 0 unspecified atom stereocenters. The van der Waals surface area contributed by atoms with Crippen LogP contribution in [0.3, 0.4) is 0 Å². The second kappa shape index (κ2) is 18.9. The van der Waals surface area contributed by atoms with E-state index >= 15 is 0 Å². The molecule has 60 heavy (non-hydrogen) atoms. The second-order valence-electron chi connectivity index (χ2n) is 15.1. The largest absolute Gasteiger partial charge is 0.453 e. The lowest BCUT2D eigenvalue weighted by Crippen LogP contribution is -2.43. The SMILES string of the molecule is CCCN(Cc1nc2c([nH]1)-c1ccc(-c3ccc4cc(-c5cnc(CN(CCC)C(=O)[C@H](NC(=O)OC)c6ccccc6)[nH]5)ccc4c3)cc1CC2)C(=O)CNC(=O)CC. The number of hydrogen-bond acceptors (Lipinski definition) is 7. The first-order valence-corrected chi connectivity index (χ1v) is 20.7. The highest BCUT2D eigenvalue weighted by molar-refractivity contribution is 5.91. The van der Waals surface area contributed by atoms with Gasteiger partial charge in [-0.1, -0.05) is 93.6 Å². The van der Waals surface area contributed by atoms with Crippen LogP contribution in [0.1, 0.15) is 74.5 Å². The van der Waals surface area contributed by atoms with E-state index in [1.165, 1.54) is 12.7 Å². The maximum absolute atomic E-state index is 13.9. The van der Waals surface area contributed by atoms with Gasteiger partial charge in [0.25, 0.3) is 0 Å². The number of imidazole rings is 2. The van der Waals surface area contributed by atoms with E-state index in [0.717, 1.165) is 81.6 Å². The number of nitrogens with zero attached hydrogens (tertiary/aromatic N) is 4. The van der Waals surface area contributed by atoms with Crippen LogP contribution in [0.2, 0.25) is 0 Å². The van der Waals surface area contributed by atoms with Crippen molar-refractivity contribution in [2.24, 2.45) is 0 Å². The molecule has 2 heterocycles. The average Bonchev–Trinajstić information content (AvgIpc) is 3.93. The number of H-pyrrole nitrogens is 2. The predicted octanol–water partition coefficient (Wildman–Crippen LogP) is 7.49. The Morgan fingerprint density at radius 1 is 0.783 bits per heavy atom. The van der Waals surface area contributed by atoms with E-state index < -0.39 is 12.1 Å². The molecule has 1 atom stereocenters. The zero-order valence-corrected chi connectivity index (χ0v) is 34.6. The Bertz CT molecular complexity index is 2490. The minimum atomic E-state index is -0.899. The molecular formula is C47H52N8O5. The van der Waals surface area contributed by atoms with E-state index in [-0.39, 0.29) is 30.8 Å². The molecule has 2 aromatic heterocycles. The third-order valence-corrected chi connectivity index (χ3v) is 10.9. The molecule has 0 saturated carbocycles. The molecule has 0 radical (unpaired) electrons. The van der Waals surface area contributed by atoms with Gasteiger partial charge in [-0.25, -0.2) is 14.8 Å². The number of benzene rings is 4. The van der Waals surface area contributed by atoms with Crippen LogP contribution in [0.4, 0.5) is 4.79 Å². The summed E-state index contributed by atoms with van der Waals surface area (Å²) in [6, 6.07) is 27.7. The second-order valence-corrected chi connectivity index (χ2v) is 15.1. The summed E-state index contributed by atoms with van der Waals surface area (Å²) < 4.78 is 4.83. The number of methoxy groups -OCH3 is 1. The smallest absolute Gasteiger partial charge is 0.407 e. The van der Waals surface area contributed by atoms with Crippen LogP contribution in [-0.2, 0) is 45.1 Å². The van der Waals surface area contributed by atoms with Gasteiger partial charge in [-0.3, -0.25) is 14.4 Å². The summed E-state index contributed by atoms with van der Waals surface area (Å²) in [7, 11) is 1.28. The summed E-state index contributed by atoms with van der Waals surface area (Å²) in [5, 5.41) is 7.59. The van der Waals surface area contributed by atoms with Gasteiger partial charge < -0.3 is 35.1 Å². The van der Waals surface area contributed by atoms with Crippen molar-refractivity contribution in [3.05, 3.63) is 120 Å². The Kier molecular flexibility index (Phi) is 13.0. The number of carbonyl (C=O) groups excluding carboxylic acids is 4. The molecule has 0 saturated heterocycles. The number of amides is 4. The lowest BCUT2D eigenvalue weighted by Gasteiger charge is -2.27. The van der Waals surface area contributed by atoms with E-state index in [1.807, 2.05) is 44.2 Å². The molecule has 13 nitrogen and oxygen atoms in total. The lowest BCUT2D eigenvalue weighted by molar-refractivity contribution is -0.134. The van der Waals surface area contributed by atoms with Crippen LogP contribution in [0, 0.1) is 0 Å². The van der Waals surface area contributed by atoms with E-state index in [2.05, 4.69) is 80.2 Å². The zero-order chi connectivity index (χ0) is 42.2. The molecule has 310 valence electrons. The van der Waals surface area contributed by atoms with Gasteiger partial charge in [-0.05, 0) is 70.8 Å². The first-order chi connectivity index (χ1) is 29.2. The first kappa shape index (κ1) is 41.4. The van der Waals surface area contributed by atoms with Crippen molar-refractivity contribution >= 4 is 34.6 Å². The van der Waals surface area contributed by atoms with Crippen molar-refractivity contribution in [3.8, 4) is 33.6 Å². The van der Waals surface area contributed by atoms with E-state index in [0.29, 0.717) is 37.4 Å². The molecule has 13 heteroatoms. The standard InChI is InChI=1S/C47H52N8O5/c1-5-21-54(43(57)27-49-42(56)7-3)29-41-50-38-20-18-35-24-34(17-19-37(35)45(38)52-41)31-13-14-33-25-36(16-15-32(33)23-31)39-26-48-40(51-39)28-55(22-6-2)46(58)44(53-47(59)60-4)30-11-9-8-10-12-30/h8-17,19,23-26,44H,5-7,18,20-22,27-29H2,1-4H3,(H,48,51)(H,49,56)(H,50,52)(H,53,59)/t44-/m1/s1. The summed E-state index contributed by atoms with van der Waals surface area (Å²) in [4.78, 5) is 70.7. The van der Waals surface area contributed by atoms with Crippen LogP contribution >= 0.6 is 0 Å². The molecule has 0 aliphatic heterocycles. The molecule has 1 aliphatic rings. The predicted molar refractivity (Wildman–Crippen MR) is 231 cm³/mol. The minimum absolute atomic E-state index is 0.0143. The Morgan fingerprint density at radius 3 is 2.20 bits per heavy atom. The molecule has 4 N–H and O–H groups in total. The Balaban J connectivity index is 1.04. The Hall–Kier alpha value is -6.76. The number of carbonyl (C=O) groups is 4. The fraction of sp³-hybridized carbons (Fsp3) is 0.319. The topological polar surface area (TPSA) is 165 Å². The number of alkyl carbamates (subject to hydrolysis) is 1. The number of aromatic nitrogens is 4. The summed E-state index contributed by atoms with van der Waals surface area (Å²) in [6.45, 7) is 7.47. The van der Waals surface area contributed by atoms with Crippen molar-refractivity contribution in [2.75, 3.05) is 26.7 Å². The third kappa shape index (κ3) is 9.41. The van der Waals surface area contributed by atoms with Gasteiger partial charge in [0.2, 0.25) is 17.7 Å². The maximum atomic E-state index is 13.9. The van der Waals surface area contributed by atoms with Crippen LogP contribution in [-0.4, -0.2) is 80.3 Å². The molecule has 7 rings (SSSR count). The Labute approximate surface area is 350 Å². The van der Waals surface area contributed by atoms with Crippen LogP contribution in [0.25, 0.3) is 44.4 Å². The number of fused-ring (bicyclic) bond motifs is 4. The molecule has 4 aromatic carbocycles. The van der Waals surface area contributed by atoms with E-state index in [9.17, 15) is 19.2 Å². The molecular weight excluding hydrogens is 757 g/mol. The van der Waals surface area contributed by atoms with Crippen molar-refractivity contribution in [3.63, 3.8) is 0 Å². The number of aryl methyl sites for hydroxylation is 2. The molecule has 1 aliphatic carbocycles. The van der Waals surface area contributed by atoms with Gasteiger partial charge in [0.15, 0.2) is 0 Å². The summed E-state index contributed by atoms with van der Waals surface area (Å²) in [5.41, 5.74) is 9.14. The number of hydrogen-bond donors (Lipinski definition) is 4. The fourth-order valence-corrected chi connectivity index (χ4v) is 7.77. The highest BCUT2D eigenvalue weighted by atomic mass is 16.5. The number of rotatable bonds is 16. The molecule has 0 bridgehead atoms. The van der Waals surface area contributed by atoms with Gasteiger partial charge in [0.1, 0.15) is 17.7 Å². The summed E-state index contributed by atoms with van der Waals surface area (Å²) in [6.07, 6.45) is 4.66. The van der Waals surface area contributed by atoms with E-state index in [4.69, 9.17) is 9.72 Å². The van der Waals surface area contributed by atoms with Crippen molar-refractivity contribution in [1.82, 2.24) is 40.4 Å². The lowest BCUT2D eigenvalue weighted by atomic mass is 9.89. The highest BCUT2D eigenvalue weighted by Crippen LogP contribution is 2.36. The molecule has 0 spiro atoms. The average molecular weight is 809 g/mol. The van der Waals surface area contributed by atoms with Gasteiger partial charge >= 0.3 is 6.09 Å². The summed E-state index contributed by atoms with van der Waals surface area (Å²) >= 11 is 0. The van der Waals surface area contributed by atoms with Gasteiger partial charge in [0, 0.05) is 30.6 Å².